The fourth-order valence-corrected chi connectivity index (χ4v) is 6.64. The molecule has 1 saturated carbocycles. The van der Waals surface area contributed by atoms with E-state index in [-0.39, 0.29) is 23.3 Å². The number of carbonyl (C=O) groups excluding carboxylic acids is 1. The first-order valence-electron chi connectivity index (χ1n) is 11.9. The number of nitrogens with one attached hydrogen (secondary N) is 1. The minimum Gasteiger partial charge on any atom is -0.353 e. The Morgan fingerprint density at radius 2 is 1.62 bits per heavy atom. The standard InChI is InChI=1S/C26H34N2O3S/c1-20-13-15-23(16-14-20)32(30,31)28-18-17-21-9-7-8-12-24(21)25(28)19-26(29)27-22-10-5-3-2-4-6-11-22/h7-9,12-16,22,25H,2-6,10-11,17-19H2,1H3,(H,27,29). The third kappa shape index (κ3) is 5.24. The maximum absolute atomic E-state index is 13.6. The molecular formula is C26H34N2O3S. The monoisotopic (exact) mass is 454 g/mol. The average molecular weight is 455 g/mol. The molecule has 6 heteroatoms. The molecule has 0 saturated heterocycles. The maximum atomic E-state index is 13.6. The highest BCUT2D eigenvalue weighted by molar-refractivity contribution is 7.89. The molecular weight excluding hydrogens is 420 g/mol. The van der Waals surface area contributed by atoms with Gasteiger partial charge in [-0.3, -0.25) is 4.79 Å². The molecule has 1 heterocycles. The van der Waals surface area contributed by atoms with E-state index in [0.717, 1.165) is 42.4 Å². The first-order valence-corrected chi connectivity index (χ1v) is 13.3. The van der Waals surface area contributed by atoms with Crippen molar-refractivity contribution in [1.82, 2.24) is 9.62 Å². The fourth-order valence-electron chi connectivity index (χ4n) is 5.04. The number of hydrogen-bond acceptors (Lipinski definition) is 3. The summed E-state index contributed by atoms with van der Waals surface area (Å²) in [5, 5.41) is 3.22. The van der Waals surface area contributed by atoms with Gasteiger partial charge >= 0.3 is 0 Å². The number of fused-ring (bicyclic) bond motifs is 1. The summed E-state index contributed by atoms with van der Waals surface area (Å²) in [6.45, 7) is 2.32. The number of rotatable bonds is 5. The highest BCUT2D eigenvalue weighted by Crippen LogP contribution is 2.36. The third-order valence-electron chi connectivity index (χ3n) is 6.84. The zero-order valence-electron chi connectivity index (χ0n) is 18.9. The van der Waals surface area contributed by atoms with E-state index in [1.807, 2.05) is 43.3 Å². The van der Waals surface area contributed by atoms with Crippen molar-refractivity contribution in [2.45, 2.75) is 81.7 Å². The van der Waals surface area contributed by atoms with Gasteiger partial charge in [0, 0.05) is 19.0 Å². The second kappa shape index (κ2) is 10.2. The first kappa shape index (κ1) is 23.0. The molecule has 0 radical (unpaired) electrons. The second-order valence-corrected chi connectivity index (χ2v) is 11.1. The predicted molar refractivity (Wildman–Crippen MR) is 127 cm³/mol. The predicted octanol–water partition coefficient (Wildman–Crippen LogP) is 4.90. The van der Waals surface area contributed by atoms with E-state index in [1.54, 1.807) is 12.1 Å². The molecule has 4 rings (SSSR count). The van der Waals surface area contributed by atoms with Crippen LogP contribution in [0, 0.1) is 6.92 Å². The van der Waals surface area contributed by atoms with Crippen LogP contribution in [0.2, 0.25) is 0 Å². The Bertz CT molecular complexity index is 1030. The Morgan fingerprint density at radius 3 is 2.34 bits per heavy atom. The van der Waals surface area contributed by atoms with Gasteiger partial charge in [-0.2, -0.15) is 4.31 Å². The largest absolute Gasteiger partial charge is 0.353 e. The van der Waals surface area contributed by atoms with Gasteiger partial charge in [0.05, 0.1) is 10.9 Å². The molecule has 1 N–H and O–H groups in total. The van der Waals surface area contributed by atoms with Crippen molar-refractivity contribution in [2.24, 2.45) is 0 Å². The highest BCUT2D eigenvalue weighted by Gasteiger charge is 2.37. The van der Waals surface area contributed by atoms with Crippen molar-refractivity contribution in [3.05, 3.63) is 65.2 Å². The van der Waals surface area contributed by atoms with Crippen molar-refractivity contribution >= 4 is 15.9 Å². The van der Waals surface area contributed by atoms with E-state index >= 15 is 0 Å². The van der Waals surface area contributed by atoms with E-state index in [1.165, 1.54) is 23.6 Å². The Kier molecular flexibility index (Phi) is 7.31. The topological polar surface area (TPSA) is 66.5 Å². The summed E-state index contributed by atoms with van der Waals surface area (Å²) in [5.74, 6) is -0.0543. The van der Waals surface area contributed by atoms with E-state index in [2.05, 4.69) is 5.32 Å². The first-order chi connectivity index (χ1) is 15.4. The van der Waals surface area contributed by atoms with Gasteiger partial charge in [0.15, 0.2) is 0 Å². The molecule has 0 bridgehead atoms. The zero-order chi connectivity index (χ0) is 22.6. The van der Waals surface area contributed by atoms with Gasteiger partial charge in [-0.25, -0.2) is 8.42 Å². The van der Waals surface area contributed by atoms with E-state index in [9.17, 15) is 13.2 Å². The SMILES string of the molecule is Cc1ccc(S(=O)(=O)N2CCc3ccccc3C2CC(=O)NC2CCCCCCC2)cc1. The summed E-state index contributed by atoms with van der Waals surface area (Å²) in [6.07, 6.45) is 8.86. The van der Waals surface area contributed by atoms with Crippen molar-refractivity contribution in [1.29, 1.82) is 0 Å². The summed E-state index contributed by atoms with van der Waals surface area (Å²) in [6, 6.07) is 14.6. The molecule has 5 nitrogen and oxygen atoms in total. The van der Waals surface area contributed by atoms with Crippen molar-refractivity contribution < 1.29 is 13.2 Å². The van der Waals surface area contributed by atoms with Crippen LogP contribution < -0.4 is 5.32 Å². The Labute approximate surface area is 192 Å². The van der Waals surface area contributed by atoms with Crippen LogP contribution in [-0.4, -0.2) is 31.2 Å². The summed E-state index contributed by atoms with van der Waals surface area (Å²) in [4.78, 5) is 13.4. The second-order valence-electron chi connectivity index (χ2n) is 9.21. The Balaban J connectivity index is 1.58. The maximum Gasteiger partial charge on any atom is 0.243 e. The number of carbonyl (C=O) groups is 1. The lowest BCUT2D eigenvalue weighted by molar-refractivity contribution is -0.122. The number of amides is 1. The van der Waals surface area contributed by atoms with Gasteiger partial charge in [-0.1, -0.05) is 74.1 Å². The van der Waals surface area contributed by atoms with Gasteiger partial charge in [0.25, 0.3) is 0 Å². The van der Waals surface area contributed by atoms with Gasteiger partial charge in [0.2, 0.25) is 15.9 Å². The highest BCUT2D eigenvalue weighted by atomic mass is 32.2. The normalized spacial score (nSPS) is 20.7. The van der Waals surface area contributed by atoms with Gasteiger partial charge in [0.1, 0.15) is 0 Å². The molecule has 1 amide bonds. The summed E-state index contributed by atoms with van der Waals surface area (Å²) >= 11 is 0. The number of sulfonamides is 1. The van der Waals surface area contributed by atoms with Crippen molar-refractivity contribution in [3.63, 3.8) is 0 Å². The average Bonchev–Trinajstić information content (AvgIpc) is 2.76. The molecule has 1 aliphatic carbocycles. The van der Waals surface area contributed by atoms with Crippen LogP contribution in [0.5, 0.6) is 0 Å². The van der Waals surface area contributed by atoms with E-state index < -0.39 is 16.1 Å². The summed E-state index contributed by atoms with van der Waals surface area (Å²) < 4.78 is 28.7. The number of nitrogens with zero attached hydrogens (tertiary/aromatic N) is 1. The van der Waals surface area contributed by atoms with Crippen LogP contribution in [0.3, 0.4) is 0 Å². The minimum atomic E-state index is -3.71. The quantitative estimate of drug-likeness (QED) is 0.699. The molecule has 32 heavy (non-hydrogen) atoms. The third-order valence-corrected chi connectivity index (χ3v) is 8.76. The molecule has 0 aromatic heterocycles. The lowest BCUT2D eigenvalue weighted by Crippen LogP contribution is -2.43. The summed E-state index contributed by atoms with van der Waals surface area (Å²) in [7, 11) is -3.71. The van der Waals surface area contributed by atoms with Crippen molar-refractivity contribution in [3.8, 4) is 0 Å². The van der Waals surface area contributed by atoms with E-state index in [0.29, 0.717) is 13.0 Å². The number of hydrogen-bond donors (Lipinski definition) is 1. The van der Waals surface area contributed by atoms with Crippen LogP contribution in [0.1, 0.15) is 74.1 Å². The zero-order valence-corrected chi connectivity index (χ0v) is 19.7. The van der Waals surface area contributed by atoms with E-state index in [4.69, 9.17) is 0 Å². The Morgan fingerprint density at radius 1 is 0.969 bits per heavy atom. The number of aryl methyl sites for hydroxylation is 1. The molecule has 2 aromatic carbocycles. The molecule has 2 aromatic rings. The van der Waals surface area contributed by atoms with Crippen LogP contribution in [0.25, 0.3) is 0 Å². The van der Waals surface area contributed by atoms with Gasteiger partial charge in [-0.15, -0.1) is 0 Å². The van der Waals surface area contributed by atoms with Gasteiger partial charge < -0.3 is 5.32 Å². The van der Waals surface area contributed by atoms with Crippen LogP contribution >= 0.6 is 0 Å². The van der Waals surface area contributed by atoms with Crippen molar-refractivity contribution in [2.75, 3.05) is 6.54 Å². The molecule has 1 aliphatic heterocycles. The lowest BCUT2D eigenvalue weighted by atomic mass is 9.92. The van der Waals surface area contributed by atoms with Crippen LogP contribution in [0.4, 0.5) is 0 Å². The van der Waals surface area contributed by atoms with Gasteiger partial charge in [-0.05, 0) is 49.4 Å². The minimum absolute atomic E-state index is 0.0543. The molecule has 1 fully saturated rings. The smallest absolute Gasteiger partial charge is 0.243 e. The molecule has 2 aliphatic rings. The molecule has 0 spiro atoms. The fraction of sp³-hybridized carbons (Fsp3) is 0.500. The van der Waals surface area contributed by atoms with Crippen LogP contribution in [-0.2, 0) is 21.2 Å². The Hall–Kier alpha value is -2.18. The summed E-state index contributed by atoms with van der Waals surface area (Å²) in [5.41, 5.74) is 3.09. The lowest BCUT2D eigenvalue weighted by Gasteiger charge is -2.36. The molecule has 172 valence electrons. The van der Waals surface area contributed by atoms with Crippen LogP contribution in [0.15, 0.2) is 53.4 Å². The molecule has 1 unspecified atom stereocenters. The molecule has 1 atom stereocenters. The number of benzene rings is 2.